The standard InChI is InChI=1S/C16H16ClN3/c1-3-20-15-7-4-10(2)8-14(15)19-16(20)12-9-11(18)5-6-13(12)17/h4-9H,3,18H2,1-2H3. The number of nitrogens with two attached hydrogens (primary N) is 1. The first-order valence-electron chi connectivity index (χ1n) is 6.62. The molecule has 4 heteroatoms. The largest absolute Gasteiger partial charge is 0.399 e. The molecule has 0 atom stereocenters. The zero-order chi connectivity index (χ0) is 14.3. The minimum absolute atomic E-state index is 0.668. The van der Waals surface area contributed by atoms with E-state index in [1.807, 2.05) is 12.1 Å². The minimum Gasteiger partial charge on any atom is -0.399 e. The topological polar surface area (TPSA) is 43.8 Å². The van der Waals surface area contributed by atoms with Crippen LogP contribution in [0.2, 0.25) is 5.02 Å². The number of nitrogen functional groups attached to an aromatic ring is 1. The summed E-state index contributed by atoms with van der Waals surface area (Å²) in [6.45, 7) is 5.00. The molecular weight excluding hydrogens is 270 g/mol. The third-order valence-electron chi connectivity index (χ3n) is 3.45. The van der Waals surface area contributed by atoms with Gasteiger partial charge in [0.2, 0.25) is 0 Å². The molecular formula is C16H16ClN3. The van der Waals surface area contributed by atoms with E-state index in [9.17, 15) is 0 Å². The highest BCUT2D eigenvalue weighted by molar-refractivity contribution is 6.33. The van der Waals surface area contributed by atoms with Gasteiger partial charge in [0.15, 0.2) is 0 Å². The van der Waals surface area contributed by atoms with E-state index in [4.69, 9.17) is 22.3 Å². The maximum atomic E-state index is 6.31. The third-order valence-corrected chi connectivity index (χ3v) is 3.78. The van der Waals surface area contributed by atoms with E-state index in [2.05, 4.69) is 36.6 Å². The van der Waals surface area contributed by atoms with Crippen molar-refractivity contribution in [1.82, 2.24) is 9.55 Å². The molecule has 0 fully saturated rings. The number of anilines is 1. The molecule has 2 N–H and O–H groups in total. The summed E-state index contributed by atoms with van der Waals surface area (Å²) in [5.74, 6) is 0.866. The average molecular weight is 286 g/mol. The number of halogens is 1. The molecule has 0 aliphatic rings. The molecule has 0 saturated carbocycles. The molecule has 0 spiro atoms. The molecule has 0 unspecified atom stereocenters. The number of nitrogens with zero attached hydrogens (tertiary/aromatic N) is 2. The SMILES string of the molecule is CCn1c(-c2cc(N)ccc2Cl)nc2cc(C)ccc21. The van der Waals surface area contributed by atoms with Crippen LogP contribution in [0.25, 0.3) is 22.4 Å². The molecule has 3 nitrogen and oxygen atoms in total. The van der Waals surface area contributed by atoms with E-state index in [1.165, 1.54) is 5.56 Å². The van der Waals surface area contributed by atoms with E-state index in [0.29, 0.717) is 10.7 Å². The van der Waals surface area contributed by atoms with Crippen molar-refractivity contribution in [3.05, 3.63) is 47.0 Å². The number of imidazole rings is 1. The van der Waals surface area contributed by atoms with Gasteiger partial charge in [0.25, 0.3) is 0 Å². The lowest BCUT2D eigenvalue weighted by atomic mass is 10.2. The molecule has 0 aliphatic heterocycles. The lowest BCUT2D eigenvalue weighted by molar-refractivity contribution is 0.796. The predicted molar refractivity (Wildman–Crippen MR) is 85.0 cm³/mol. The van der Waals surface area contributed by atoms with Crippen LogP contribution in [0.15, 0.2) is 36.4 Å². The predicted octanol–water partition coefficient (Wildman–Crippen LogP) is 4.27. The van der Waals surface area contributed by atoms with Crippen LogP contribution in [-0.2, 0) is 6.54 Å². The van der Waals surface area contributed by atoms with Crippen LogP contribution in [0.1, 0.15) is 12.5 Å². The summed E-state index contributed by atoms with van der Waals surface area (Å²) in [5.41, 5.74) is 10.7. The summed E-state index contributed by atoms with van der Waals surface area (Å²) in [6, 6.07) is 11.8. The van der Waals surface area contributed by atoms with E-state index in [1.54, 1.807) is 6.07 Å². The molecule has 0 aliphatic carbocycles. The van der Waals surface area contributed by atoms with Crippen molar-refractivity contribution in [2.24, 2.45) is 0 Å². The average Bonchev–Trinajstić information content (AvgIpc) is 2.78. The van der Waals surface area contributed by atoms with Crippen LogP contribution in [0.4, 0.5) is 5.69 Å². The second kappa shape index (κ2) is 4.84. The normalized spacial score (nSPS) is 11.2. The van der Waals surface area contributed by atoms with Crippen molar-refractivity contribution < 1.29 is 0 Å². The summed E-state index contributed by atoms with van der Waals surface area (Å²) < 4.78 is 2.16. The molecule has 0 bridgehead atoms. The summed E-state index contributed by atoms with van der Waals surface area (Å²) >= 11 is 6.31. The van der Waals surface area contributed by atoms with E-state index in [0.717, 1.165) is 29.0 Å². The van der Waals surface area contributed by atoms with Crippen LogP contribution in [0.3, 0.4) is 0 Å². The zero-order valence-electron chi connectivity index (χ0n) is 11.5. The van der Waals surface area contributed by atoms with Crippen molar-refractivity contribution in [3.8, 4) is 11.4 Å². The van der Waals surface area contributed by atoms with E-state index >= 15 is 0 Å². The number of aromatic nitrogens is 2. The van der Waals surface area contributed by atoms with Gasteiger partial charge in [-0.3, -0.25) is 0 Å². The highest BCUT2D eigenvalue weighted by Gasteiger charge is 2.14. The molecule has 0 amide bonds. The van der Waals surface area contributed by atoms with Gasteiger partial charge in [-0.1, -0.05) is 17.7 Å². The Morgan fingerprint density at radius 1 is 1.20 bits per heavy atom. The number of fused-ring (bicyclic) bond motifs is 1. The Hall–Kier alpha value is -2.00. The maximum absolute atomic E-state index is 6.31. The van der Waals surface area contributed by atoms with Gasteiger partial charge < -0.3 is 10.3 Å². The molecule has 20 heavy (non-hydrogen) atoms. The Bertz CT molecular complexity index is 790. The van der Waals surface area contributed by atoms with Gasteiger partial charge in [0.05, 0.1) is 16.1 Å². The fourth-order valence-electron chi connectivity index (χ4n) is 2.48. The fraction of sp³-hybridized carbons (Fsp3) is 0.188. The van der Waals surface area contributed by atoms with Gasteiger partial charge in [0.1, 0.15) is 5.82 Å². The van der Waals surface area contributed by atoms with Gasteiger partial charge in [0, 0.05) is 17.8 Å². The quantitative estimate of drug-likeness (QED) is 0.715. The zero-order valence-corrected chi connectivity index (χ0v) is 12.3. The summed E-state index contributed by atoms with van der Waals surface area (Å²) in [6.07, 6.45) is 0. The third kappa shape index (κ3) is 2.04. The van der Waals surface area contributed by atoms with Gasteiger partial charge in [-0.15, -0.1) is 0 Å². The minimum atomic E-state index is 0.668. The first kappa shape index (κ1) is 13.0. The Morgan fingerprint density at radius 3 is 2.75 bits per heavy atom. The number of rotatable bonds is 2. The van der Waals surface area contributed by atoms with E-state index < -0.39 is 0 Å². The van der Waals surface area contributed by atoms with Crippen molar-refractivity contribution in [3.63, 3.8) is 0 Å². The lowest BCUT2D eigenvalue weighted by Gasteiger charge is -2.08. The first-order chi connectivity index (χ1) is 9.60. The molecule has 1 heterocycles. The van der Waals surface area contributed by atoms with Crippen LogP contribution in [-0.4, -0.2) is 9.55 Å². The Kier molecular flexibility index (Phi) is 3.14. The van der Waals surface area contributed by atoms with Gasteiger partial charge >= 0.3 is 0 Å². The fourth-order valence-corrected chi connectivity index (χ4v) is 2.68. The molecule has 2 aromatic carbocycles. The second-order valence-electron chi connectivity index (χ2n) is 4.91. The number of benzene rings is 2. The van der Waals surface area contributed by atoms with Crippen molar-refractivity contribution in [2.45, 2.75) is 20.4 Å². The molecule has 102 valence electrons. The summed E-state index contributed by atoms with van der Waals surface area (Å²) in [5, 5.41) is 0.668. The van der Waals surface area contributed by atoms with E-state index in [-0.39, 0.29) is 0 Å². The Morgan fingerprint density at radius 2 is 2.00 bits per heavy atom. The first-order valence-corrected chi connectivity index (χ1v) is 7.00. The number of hydrogen-bond acceptors (Lipinski definition) is 2. The summed E-state index contributed by atoms with van der Waals surface area (Å²) in [4.78, 5) is 4.74. The molecule has 1 aromatic heterocycles. The summed E-state index contributed by atoms with van der Waals surface area (Å²) in [7, 11) is 0. The van der Waals surface area contributed by atoms with Crippen molar-refractivity contribution in [2.75, 3.05) is 5.73 Å². The van der Waals surface area contributed by atoms with Gasteiger partial charge in [-0.25, -0.2) is 4.98 Å². The highest BCUT2D eigenvalue weighted by atomic mass is 35.5. The number of hydrogen-bond donors (Lipinski definition) is 1. The van der Waals surface area contributed by atoms with Crippen LogP contribution in [0.5, 0.6) is 0 Å². The molecule has 0 radical (unpaired) electrons. The Balaban J connectivity index is 2.32. The lowest BCUT2D eigenvalue weighted by Crippen LogP contribution is -1.98. The van der Waals surface area contributed by atoms with Gasteiger partial charge in [-0.2, -0.15) is 0 Å². The Labute approximate surface area is 123 Å². The van der Waals surface area contributed by atoms with Crippen LogP contribution in [0, 0.1) is 6.92 Å². The maximum Gasteiger partial charge on any atom is 0.142 e. The molecule has 0 saturated heterocycles. The molecule has 3 aromatic rings. The van der Waals surface area contributed by atoms with Gasteiger partial charge in [-0.05, 0) is 49.7 Å². The smallest absolute Gasteiger partial charge is 0.142 e. The van der Waals surface area contributed by atoms with Crippen LogP contribution >= 0.6 is 11.6 Å². The number of aryl methyl sites for hydroxylation is 2. The monoisotopic (exact) mass is 285 g/mol. The second-order valence-corrected chi connectivity index (χ2v) is 5.32. The highest BCUT2D eigenvalue weighted by Crippen LogP contribution is 2.32. The molecule has 3 rings (SSSR count). The van der Waals surface area contributed by atoms with Crippen molar-refractivity contribution >= 4 is 28.3 Å². The van der Waals surface area contributed by atoms with Crippen molar-refractivity contribution in [1.29, 1.82) is 0 Å². The van der Waals surface area contributed by atoms with Crippen LogP contribution < -0.4 is 5.73 Å².